The molecule has 0 fully saturated rings. The molecule has 68 valence electrons. The molecule has 0 amide bonds. The van der Waals surface area contributed by atoms with E-state index in [0.29, 0.717) is 16.9 Å². The smallest absolute Gasteiger partial charge is 0.216 e. The molecule has 0 aromatic carbocycles. The van der Waals surface area contributed by atoms with E-state index in [2.05, 4.69) is 15.2 Å². The highest BCUT2D eigenvalue weighted by Crippen LogP contribution is 2.19. The van der Waals surface area contributed by atoms with Gasteiger partial charge in [0.1, 0.15) is 5.76 Å². The van der Waals surface area contributed by atoms with E-state index >= 15 is 0 Å². The van der Waals surface area contributed by atoms with Crippen LogP contribution in [0.15, 0.2) is 28.0 Å². The van der Waals surface area contributed by atoms with E-state index in [-0.39, 0.29) is 0 Å². The Morgan fingerprint density at radius 1 is 1.62 bits per heavy atom. The van der Waals surface area contributed by atoms with Crippen LogP contribution < -0.4 is 5.73 Å². The summed E-state index contributed by atoms with van der Waals surface area (Å²) < 4.78 is 5.14. The molecule has 0 spiro atoms. The summed E-state index contributed by atoms with van der Waals surface area (Å²) in [7, 11) is 0. The molecule has 5 nitrogen and oxygen atoms in total. The van der Waals surface area contributed by atoms with Crippen LogP contribution in [0.2, 0.25) is 0 Å². The number of hydrogen-bond acceptors (Lipinski definition) is 5. The molecule has 0 aliphatic carbocycles. The van der Waals surface area contributed by atoms with E-state index in [1.807, 2.05) is 12.1 Å². The first-order valence-electron chi connectivity index (χ1n) is 3.67. The average molecular weight is 196 g/mol. The van der Waals surface area contributed by atoms with Crippen molar-refractivity contribution < 1.29 is 4.42 Å². The first-order chi connectivity index (χ1) is 6.34. The lowest BCUT2D eigenvalue weighted by molar-refractivity contribution is 0.530. The first kappa shape index (κ1) is 8.18. The zero-order chi connectivity index (χ0) is 9.10. The molecule has 0 bridgehead atoms. The van der Waals surface area contributed by atoms with Crippen molar-refractivity contribution in [3.05, 3.63) is 24.2 Å². The van der Waals surface area contributed by atoms with Crippen LogP contribution in [0.1, 0.15) is 5.76 Å². The van der Waals surface area contributed by atoms with Crippen molar-refractivity contribution in [3.63, 3.8) is 0 Å². The van der Waals surface area contributed by atoms with Gasteiger partial charge in [0.25, 0.3) is 0 Å². The lowest BCUT2D eigenvalue weighted by Crippen LogP contribution is -1.85. The van der Waals surface area contributed by atoms with Gasteiger partial charge in [0.2, 0.25) is 11.1 Å². The van der Waals surface area contributed by atoms with Crippen molar-refractivity contribution in [2.75, 3.05) is 5.73 Å². The summed E-state index contributed by atoms with van der Waals surface area (Å²) in [5, 5.41) is 7.07. The van der Waals surface area contributed by atoms with Crippen LogP contribution >= 0.6 is 11.8 Å². The maximum absolute atomic E-state index is 5.36. The number of aromatic amines is 1. The Morgan fingerprint density at radius 3 is 3.15 bits per heavy atom. The maximum Gasteiger partial charge on any atom is 0.216 e. The summed E-state index contributed by atoms with van der Waals surface area (Å²) >= 11 is 1.47. The van der Waals surface area contributed by atoms with E-state index in [9.17, 15) is 0 Å². The number of nitrogen functional groups attached to an aromatic ring is 1. The Hall–Kier alpha value is -1.43. The van der Waals surface area contributed by atoms with Gasteiger partial charge in [0.05, 0.1) is 12.0 Å². The molecule has 0 aliphatic heterocycles. The summed E-state index contributed by atoms with van der Waals surface area (Å²) in [4.78, 5) is 3.94. The van der Waals surface area contributed by atoms with Crippen molar-refractivity contribution in [2.45, 2.75) is 10.9 Å². The number of nitrogens with one attached hydrogen (secondary N) is 1. The zero-order valence-corrected chi connectivity index (χ0v) is 7.54. The van der Waals surface area contributed by atoms with Gasteiger partial charge in [-0.2, -0.15) is 4.98 Å². The molecule has 2 heterocycles. The molecule has 0 saturated carbocycles. The van der Waals surface area contributed by atoms with Crippen molar-refractivity contribution >= 4 is 17.7 Å². The Bertz CT molecular complexity index is 370. The fourth-order valence-corrected chi connectivity index (χ4v) is 1.56. The number of nitrogens with two attached hydrogens (primary N) is 1. The number of rotatable bonds is 3. The Labute approximate surface area is 78.7 Å². The molecular weight excluding hydrogens is 188 g/mol. The van der Waals surface area contributed by atoms with E-state index in [1.165, 1.54) is 11.8 Å². The van der Waals surface area contributed by atoms with Gasteiger partial charge in [0.15, 0.2) is 0 Å². The van der Waals surface area contributed by atoms with Gasteiger partial charge in [-0.3, -0.25) is 0 Å². The maximum atomic E-state index is 5.36. The SMILES string of the molecule is Nc1nc(SCc2ccco2)n[nH]1. The molecule has 2 aromatic heterocycles. The van der Waals surface area contributed by atoms with Crippen LogP contribution in [0.4, 0.5) is 5.95 Å². The van der Waals surface area contributed by atoms with Crippen LogP contribution in [0.5, 0.6) is 0 Å². The third-order valence-electron chi connectivity index (χ3n) is 1.41. The van der Waals surface area contributed by atoms with Crippen molar-refractivity contribution in [1.29, 1.82) is 0 Å². The molecule has 0 unspecified atom stereocenters. The molecule has 0 aliphatic rings. The minimum absolute atomic E-state index is 0.335. The third kappa shape index (κ3) is 2.03. The highest BCUT2D eigenvalue weighted by Gasteiger charge is 2.02. The summed E-state index contributed by atoms with van der Waals surface area (Å²) in [6.45, 7) is 0. The molecule has 2 aromatic rings. The van der Waals surface area contributed by atoms with Crippen LogP contribution in [-0.4, -0.2) is 15.2 Å². The molecule has 13 heavy (non-hydrogen) atoms. The Kier molecular flexibility index (Phi) is 2.22. The van der Waals surface area contributed by atoms with E-state index in [0.717, 1.165) is 5.76 Å². The van der Waals surface area contributed by atoms with Gasteiger partial charge in [-0.1, -0.05) is 11.8 Å². The monoisotopic (exact) mass is 196 g/mol. The van der Waals surface area contributed by atoms with Gasteiger partial charge < -0.3 is 10.2 Å². The highest BCUT2D eigenvalue weighted by atomic mass is 32.2. The lowest BCUT2D eigenvalue weighted by Gasteiger charge is -1.90. The third-order valence-corrected chi connectivity index (χ3v) is 2.28. The number of anilines is 1. The minimum Gasteiger partial charge on any atom is -0.468 e. The summed E-state index contributed by atoms with van der Waals surface area (Å²) in [6.07, 6.45) is 1.64. The predicted molar refractivity (Wildman–Crippen MR) is 49.1 cm³/mol. The Morgan fingerprint density at radius 2 is 2.54 bits per heavy atom. The Balaban J connectivity index is 1.93. The van der Waals surface area contributed by atoms with Gasteiger partial charge in [-0.25, -0.2) is 5.10 Å². The second-order valence-electron chi connectivity index (χ2n) is 2.37. The average Bonchev–Trinajstić information content (AvgIpc) is 2.71. The number of H-pyrrole nitrogens is 1. The molecular formula is C7H8N4OS. The lowest BCUT2D eigenvalue weighted by atomic mass is 10.5. The topological polar surface area (TPSA) is 80.7 Å². The van der Waals surface area contributed by atoms with Crippen molar-refractivity contribution in [1.82, 2.24) is 15.2 Å². The first-order valence-corrected chi connectivity index (χ1v) is 4.66. The van der Waals surface area contributed by atoms with Gasteiger partial charge >= 0.3 is 0 Å². The molecule has 0 atom stereocenters. The molecule has 3 N–H and O–H groups in total. The number of nitrogens with zero attached hydrogens (tertiary/aromatic N) is 2. The number of aromatic nitrogens is 3. The highest BCUT2D eigenvalue weighted by molar-refractivity contribution is 7.98. The minimum atomic E-state index is 0.335. The molecule has 0 radical (unpaired) electrons. The number of hydrogen-bond donors (Lipinski definition) is 2. The number of furan rings is 1. The standard InChI is InChI=1S/C7H8N4OS/c8-6-9-7(11-10-6)13-4-5-2-1-3-12-5/h1-3H,4H2,(H3,8,9,10,11). The van der Waals surface area contributed by atoms with Crippen LogP contribution in [-0.2, 0) is 5.75 Å². The van der Waals surface area contributed by atoms with Crippen molar-refractivity contribution in [2.24, 2.45) is 0 Å². The van der Waals surface area contributed by atoms with E-state index < -0.39 is 0 Å². The van der Waals surface area contributed by atoms with Crippen molar-refractivity contribution in [3.8, 4) is 0 Å². The zero-order valence-electron chi connectivity index (χ0n) is 6.73. The largest absolute Gasteiger partial charge is 0.468 e. The van der Waals surface area contributed by atoms with Crippen LogP contribution in [0, 0.1) is 0 Å². The summed E-state index contributed by atoms with van der Waals surface area (Å²) in [6, 6.07) is 3.76. The van der Waals surface area contributed by atoms with Gasteiger partial charge in [-0.15, -0.1) is 5.10 Å². The van der Waals surface area contributed by atoms with Crippen LogP contribution in [0.25, 0.3) is 0 Å². The van der Waals surface area contributed by atoms with Gasteiger partial charge in [-0.05, 0) is 12.1 Å². The fourth-order valence-electron chi connectivity index (χ4n) is 0.853. The van der Waals surface area contributed by atoms with Gasteiger partial charge in [0, 0.05) is 0 Å². The van der Waals surface area contributed by atoms with E-state index in [1.54, 1.807) is 6.26 Å². The second-order valence-corrected chi connectivity index (χ2v) is 3.31. The summed E-state index contributed by atoms with van der Waals surface area (Å²) in [5.74, 6) is 1.94. The summed E-state index contributed by atoms with van der Waals surface area (Å²) in [5.41, 5.74) is 5.36. The quantitative estimate of drug-likeness (QED) is 0.722. The number of thioether (sulfide) groups is 1. The second kappa shape index (κ2) is 3.53. The molecule has 6 heteroatoms. The van der Waals surface area contributed by atoms with E-state index in [4.69, 9.17) is 10.2 Å². The van der Waals surface area contributed by atoms with Crippen LogP contribution in [0.3, 0.4) is 0 Å². The fraction of sp³-hybridized carbons (Fsp3) is 0.143. The normalized spacial score (nSPS) is 10.5. The predicted octanol–water partition coefficient (Wildman–Crippen LogP) is 1.27. The molecule has 0 saturated heterocycles. The molecule has 2 rings (SSSR count).